The van der Waals surface area contributed by atoms with Crippen LogP contribution in [-0.2, 0) is 6.54 Å². The van der Waals surface area contributed by atoms with Crippen LogP contribution in [0.5, 0.6) is 5.75 Å². The average molecular weight is 249 g/mol. The summed E-state index contributed by atoms with van der Waals surface area (Å²) in [7, 11) is 0. The molecule has 0 saturated carbocycles. The Kier molecular flexibility index (Phi) is 8.32. The van der Waals surface area contributed by atoms with Gasteiger partial charge in [-0.3, -0.25) is 0 Å². The van der Waals surface area contributed by atoms with E-state index in [1.807, 2.05) is 6.07 Å². The van der Waals surface area contributed by atoms with Crippen molar-refractivity contribution in [2.45, 2.75) is 52.5 Å². The predicted molar refractivity (Wildman–Crippen MR) is 78.1 cm³/mol. The molecule has 2 nitrogen and oxygen atoms in total. The molecule has 0 unspecified atom stereocenters. The Labute approximate surface area is 112 Å². The topological polar surface area (TPSA) is 21.3 Å². The summed E-state index contributed by atoms with van der Waals surface area (Å²) in [5.41, 5.74) is 1.30. The maximum absolute atomic E-state index is 5.75. The van der Waals surface area contributed by atoms with Gasteiger partial charge >= 0.3 is 0 Å². The van der Waals surface area contributed by atoms with Crippen molar-refractivity contribution in [3.63, 3.8) is 0 Å². The smallest absolute Gasteiger partial charge is 0.119 e. The van der Waals surface area contributed by atoms with Gasteiger partial charge in [-0.1, -0.05) is 45.2 Å². The van der Waals surface area contributed by atoms with Gasteiger partial charge in [-0.25, -0.2) is 0 Å². The highest BCUT2D eigenvalue weighted by Crippen LogP contribution is 2.13. The molecule has 0 aliphatic heterocycles. The standard InChI is InChI=1S/C16H27NO/c1-3-5-7-12-18-16-10-8-9-15(13-16)14-17-11-6-4-2/h8-10,13,17H,3-7,11-12,14H2,1-2H3. The number of hydrogen-bond donors (Lipinski definition) is 1. The third-order valence-corrected chi connectivity index (χ3v) is 2.95. The third kappa shape index (κ3) is 6.65. The molecule has 0 atom stereocenters. The summed E-state index contributed by atoms with van der Waals surface area (Å²) in [5, 5.41) is 3.45. The third-order valence-electron chi connectivity index (χ3n) is 2.95. The highest BCUT2D eigenvalue weighted by Gasteiger charge is 1.97. The number of unbranched alkanes of at least 4 members (excludes halogenated alkanes) is 3. The summed E-state index contributed by atoms with van der Waals surface area (Å²) in [6.45, 7) is 7.29. The van der Waals surface area contributed by atoms with Crippen LogP contribution in [0.25, 0.3) is 0 Å². The van der Waals surface area contributed by atoms with E-state index in [4.69, 9.17) is 4.74 Å². The van der Waals surface area contributed by atoms with Crippen LogP contribution in [0.15, 0.2) is 24.3 Å². The molecule has 1 aromatic carbocycles. The predicted octanol–water partition coefficient (Wildman–Crippen LogP) is 4.15. The molecule has 0 aliphatic rings. The van der Waals surface area contributed by atoms with E-state index in [1.165, 1.54) is 31.2 Å². The summed E-state index contributed by atoms with van der Waals surface area (Å²) < 4.78 is 5.75. The molecule has 0 amide bonds. The minimum atomic E-state index is 0.834. The maximum atomic E-state index is 5.75. The lowest BCUT2D eigenvalue weighted by molar-refractivity contribution is 0.306. The molecule has 1 rings (SSSR count). The van der Waals surface area contributed by atoms with E-state index in [0.717, 1.165) is 31.9 Å². The van der Waals surface area contributed by atoms with Gasteiger partial charge in [0, 0.05) is 6.54 Å². The first-order valence-corrected chi connectivity index (χ1v) is 7.29. The summed E-state index contributed by atoms with van der Waals surface area (Å²) >= 11 is 0. The monoisotopic (exact) mass is 249 g/mol. The number of ether oxygens (including phenoxy) is 1. The van der Waals surface area contributed by atoms with Crippen molar-refractivity contribution in [1.82, 2.24) is 5.32 Å². The lowest BCUT2D eigenvalue weighted by Gasteiger charge is -2.08. The van der Waals surface area contributed by atoms with Crippen molar-refractivity contribution in [2.75, 3.05) is 13.2 Å². The first-order chi connectivity index (χ1) is 8.86. The van der Waals surface area contributed by atoms with Crippen molar-refractivity contribution in [1.29, 1.82) is 0 Å². The lowest BCUT2D eigenvalue weighted by atomic mass is 10.2. The van der Waals surface area contributed by atoms with Crippen molar-refractivity contribution in [3.05, 3.63) is 29.8 Å². The summed E-state index contributed by atoms with van der Waals surface area (Å²) in [6.07, 6.45) is 6.12. The minimum absolute atomic E-state index is 0.834. The second-order valence-electron chi connectivity index (χ2n) is 4.73. The average Bonchev–Trinajstić information content (AvgIpc) is 2.40. The molecule has 0 radical (unpaired) electrons. The number of hydrogen-bond acceptors (Lipinski definition) is 2. The normalized spacial score (nSPS) is 10.6. The van der Waals surface area contributed by atoms with Gasteiger partial charge in [-0.2, -0.15) is 0 Å². The Morgan fingerprint density at radius 3 is 2.67 bits per heavy atom. The first-order valence-electron chi connectivity index (χ1n) is 7.29. The largest absolute Gasteiger partial charge is 0.494 e. The van der Waals surface area contributed by atoms with Gasteiger partial charge in [-0.05, 0) is 37.1 Å². The van der Waals surface area contributed by atoms with Crippen molar-refractivity contribution in [2.24, 2.45) is 0 Å². The quantitative estimate of drug-likeness (QED) is 0.629. The molecule has 0 saturated heterocycles. The summed E-state index contributed by atoms with van der Waals surface area (Å²) in [5.74, 6) is 1.00. The van der Waals surface area contributed by atoms with E-state index < -0.39 is 0 Å². The molecule has 0 spiro atoms. The molecule has 2 heteroatoms. The molecule has 1 aromatic rings. The number of nitrogens with one attached hydrogen (secondary N) is 1. The molecule has 102 valence electrons. The Bertz CT molecular complexity index is 284. The van der Waals surface area contributed by atoms with Crippen LogP contribution < -0.4 is 10.1 Å². The Morgan fingerprint density at radius 1 is 1.06 bits per heavy atom. The summed E-state index contributed by atoms with van der Waals surface area (Å²) in [6, 6.07) is 8.41. The fraction of sp³-hybridized carbons (Fsp3) is 0.625. The molecule has 0 bridgehead atoms. The van der Waals surface area contributed by atoms with Crippen molar-refractivity contribution < 1.29 is 4.74 Å². The fourth-order valence-corrected chi connectivity index (χ4v) is 1.82. The van der Waals surface area contributed by atoms with E-state index in [1.54, 1.807) is 0 Å². The highest BCUT2D eigenvalue weighted by molar-refractivity contribution is 5.28. The molecule has 1 N–H and O–H groups in total. The molecular weight excluding hydrogens is 222 g/mol. The van der Waals surface area contributed by atoms with Gasteiger partial charge in [0.2, 0.25) is 0 Å². The minimum Gasteiger partial charge on any atom is -0.494 e. The van der Waals surface area contributed by atoms with E-state index in [0.29, 0.717) is 0 Å². The molecule has 0 fully saturated rings. The van der Waals surface area contributed by atoms with Gasteiger partial charge in [0.15, 0.2) is 0 Å². The molecule has 0 aliphatic carbocycles. The number of benzene rings is 1. The number of rotatable bonds is 10. The zero-order chi connectivity index (χ0) is 13.1. The van der Waals surface area contributed by atoms with Crippen LogP contribution in [0.4, 0.5) is 0 Å². The van der Waals surface area contributed by atoms with E-state index in [9.17, 15) is 0 Å². The van der Waals surface area contributed by atoms with Crippen LogP contribution in [0.3, 0.4) is 0 Å². The molecular formula is C16H27NO. The Hall–Kier alpha value is -1.02. The van der Waals surface area contributed by atoms with Crippen molar-refractivity contribution >= 4 is 0 Å². The van der Waals surface area contributed by atoms with Crippen LogP contribution in [0, 0.1) is 0 Å². The van der Waals surface area contributed by atoms with E-state index in [2.05, 4.69) is 37.4 Å². The second kappa shape index (κ2) is 9.95. The van der Waals surface area contributed by atoms with Gasteiger partial charge in [0.1, 0.15) is 5.75 Å². The molecule has 18 heavy (non-hydrogen) atoms. The Balaban J connectivity index is 2.27. The zero-order valence-corrected chi connectivity index (χ0v) is 11.9. The summed E-state index contributed by atoms with van der Waals surface area (Å²) in [4.78, 5) is 0. The fourth-order valence-electron chi connectivity index (χ4n) is 1.82. The van der Waals surface area contributed by atoms with Crippen LogP contribution in [0.1, 0.15) is 51.5 Å². The Morgan fingerprint density at radius 2 is 1.89 bits per heavy atom. The lowest BCUT2D eigenvalue weighted by Crippen LogP contribution is -2.14. The highest BCUT2D eigenvalue weighted by atomic mass is 16.5. The molecule has 0 aromatic heterocycles. The van der Waals surface area contributed by atoms with Gasteiger partial charge in [-0.15, -0.1) is 0 Å². The van der Waals surface area contributed by atoms with Crippen LogP contribution in [-0.4, -0.2) is 13.2 Å². The molecule has 0 heterocycles. The second-order valence-corrected chi connectivity index (χ2v) is 4.73. The SMILES string of the molecule is CCCCCOc1cccc(CNCCCC)c1. The van der Waals surface area contributed by atoms with Crippen molar-refractivity contribution in [3.8, 4) is 5.75 Å². The van der Waals surface area contributed by atoms with Gasteiger partial charge in [0.25, 0.3) is 0 Å². The van der Waals surface area contributed by atoms with Gasteiger partial charge in [0.05, 0.1) is 6.61 Å². The van der Waals surface area contributed by atoms with E-state index >= 15 is 0 Å². The van der Waals surface area contributed by atoms with Crippen LogP contribution >= 0.6 is 0 Å². The first kappa shape index (κ1) is 15.0. The zero-order valence-electron chi connectivity index (χ0n) is 11.9. The van der Waals surface area contributed by atoms with E-state index in [-0.39, 0.29) is 0 Å². The van der Waals surface area contributed by atoms with Crippen LogP contribution in [0.2, 0.25) is 0 Å². The maximum Gasteiger partial charge on any atom is 0.119 e. The van der Waals surface area contributed by atoms with Gasteiger partial charge < -0.3 is 10.1 Å².